The zero-order valence-electron chi connectivity index (χ0n) is 12.9. The zero-order chi connectivity index (χ0) is 16.2. The molecule has 1 aromatic rings. The summed E-state index contributed by atoms with van der Waals surface area (Å²) < 4.78 is 23.4. The summed E-state index contributed by atoms with van der Waals surface area (Å²) in [6, 6.07) is 5.19. The molecule has 1 atom stereocenters. The molecule has 1 aliphatic carbocycles. The van der Waals surface area contributed by atoms with E-state index in [1.165, 1.54) is 20.6 Å². The summed E-state index contributed by atoms with van der Waals surface area (Å²) in [6.45, 7) is 0. The van der Waals surface area contributed by atoms with Gasteiger partial charge < -0.3 is 14.4 Å². The molecule has 0 radical (unpaired) electrons. The van der Waals surface area contributed by atoms with Crippen LogP contribution in [0.3, 0.4) is 0 Å². The maximum Gasteiger partial charge on any atom is 0.352 e. The summed E-state index contributed by atoms with van der Waals surface area (Å²) in [7, 11) is -0.406. The van der Waals surface area contributed by atoms with E-state index in [-0.39, 0.29) is 5.92 Å². The van der Waals surface area contributed by atoms with E-state index in [9.17, 15) is 4.57 Å². The van der Waals surface area contributed by atoms with Crippen LogP contribution >= 0.6 is 30.8 Å². The van der Waals surface area contributed by atoms with Crippen LogP contribution in [0.4, 0.5) is 5.69 Å². The first-order chi connectivity index (χ1) is 10.5. The molecule has 22 heavy (non-hydrogen) atoms. The van der Waals surface area contributed by atoms with Gasteiger partial charge in [-0.15, -0.1) is 0 Å². The molecule has 0 aromatic heterocycles. The van der Waals surface area contributed by atoms with Gasteiger partial charge in [-0.3, -0.25) is 4.57 Å². The third-order valence-electron chi connectivity index (χ3n) is 4.12. The van der Waals surface area contributed by atoms with Crippen molar-refractivity contribution in [3.63, 3.8) is 0 Å². The summed E-state index contributed by atoms with van der Waals surface area (Å²) in [5, 5.41) is 4.35. The standard InChI is InChI=1S/C15H22Cl2NO3P/c1-20-22(19,21-2)15(11-6-4-3-5-7-11)18-14-9-12(16)8-13(17)10-14/h8-11,15,18H,3-7H2,1-2H3. The number of halogens is 2. The van der Waals surface area contributed by atoms with Gasteiger partial charge >= 0.3 is 7.60 Å². The van der Waals surface area contributed by atoms with Crippen molar-refractivity contribution in [2.45, 2.75) is 37.9 Å². The number of hydrogen-bond donors (Lipinski definition) is 1. The van der Waals surface area contributed by atoms with Crippen LogP contribution in [-0.2, 0) is 13.6 Å². The Hall–Kier alpha value is -0.250. The molecule has 1 aliphatic rings. The fraction of sp³-hybridized carbons (Fsp3) is 0.600. The average Bonchev–Trinajstić information content (AvgIpc) is 2.52. The van der Waals surface area contributed by atoms with Crippen LogP contribution in [0.5, 0.6) is 0 Å². The number of hydrogen-bond acceptors (Lipinski definition) is 4. The zero-order valence-corrected chi connectivity index (χ0v) is 15.3. The van der Waals surface area contributed by atoms with Gasteiger partial charge in [-0.2, -0.15) is 0 Å². The molecule has 124 valence electrons. The second-order valence-corrected chi connectivity index (χ2v) is 8.79. The third-order valence-corrected chi connectivity index (χ3v) is 6.81. The maximum atomic E-state index is 13.0. The maximum absolute atomic E-state index is 13.0. The van der Waals surface area contributed by atoms with Crippen LogP contribution in [0, 0.1) is 5.92 Å². The highest BCUT2D eigenvalue weighted by Gasteiger charge is 2.40. The highest BCUT2D eigenvalue weighted by atomic mass is 35.5. The van der Waals surface area contributed by atoms with Gasteiger partial charge in [0.05, 0.1) is 0 Å². The van der Waals surface area contributed by atoms with Gasteiger partial charge in [0.2, 0.25) is 0 Å². The van der Waals surface area contributed by atoms with Crippen molar-refractivity contribution in [3.05, 3.63) is 28.2 Å². The van der Waals surface area contributed by atoms with Gasteiger partial charge in [-0.05, 0) is 37.0 Å². The number of nitrogens with one attached hydrogen (secondary N) is 1. The molecule has 0 aliphatic heterocycles. The minimum absolute atomic E-state index is 0.234. The van der Waals surface area contributed by atoms with E-state index in [0.29, 0.717) is 10.0 Å². The number of benzene rings is 1. The van der Waals surface area contributed by atoms with Crippen molar-refractivity contribution in [3.8, 4) is 0 Å². The number of anilines is 1. The molecule has 1 aromatic carbocycles. The van der Waals surface area contributed by atoms with Gasteiger partial charge in [0, 0.05) is 30.0 Å². The lowest BCUT2D eigenvalue weighted by atomic mass is 9.89. The van der Waals surface area contributed by atoms with E-state index in [1.807, 2.05) is 0 Å². The van der Waals surface area contributed by atoms with Crippen molar-refractivity contribution in [2.75, 3.05) is 19.5 Å². The van der Waals surface area contributed by atoms with Crippen LogP contribution in [-0.4, -0.2) is 20.0 Å². The Balaban J connectivity index is 2.29. The quantitative estimate of drug-likeness (QED) is 0.647. The fourth-order valence-electron chi connectivity index (χ4n) is 3.01. The predicted octanol–water partition coefficient (Wildman–Crippen LogP) is 5.80. The largest absolute Gasteiger partial charge is 0.371 e. The highest BCUT2D eigenvalue weighted by Crippen LogP contribution is 2.56. The minimum atomic E-state index is -3.25. The van der Waals surface area contributed by atoms with Gasteiger partial charge in [0.15, 0.2) is 0 Å². The van der Waals surface area contributed by atoms with E-state index in [1.54, 1.807) is 18.2 Å². The van der Waals surface area contributed by atoms with Crippen LogP contribution in [0.1, 0.15) is 32.1 Å². The molecule has 1 fully saturated rings. The Bertz CT molecular complexity index is 521. The molecule has 7 heteroatoms. The SMILES string of the molecule is COP(=O)(OC)C(Nc1cc(Cl)cc(Cl)c1)C1CCCCC1. The highest BCUT2D eigenvalue weighted by molar-refractivity contribution is 7.54. The summed E-state index contributed by atoms with van der Waals surface area (Å²) >= 11 is 12.1. The normalized spacial score (nSPS) is 18.2. The molecule has 0 spiro atoms. The van der Waals surface area contributed by atoms with Gasteiger partial charge in [-0.1, -0.05) is 42.5 Å². The average molecular weight is 366 g/mol. The van der Waals surface area contributed by atoms with Gasteiger partial charge in [0.1, 0.15) is 5.78 Å². The summed E-state index contributed by atoms with van der Waals surface area (Å²) in [4.78, 5) is 0. The Morgan fingerprint density at radius 2 is 1.64 bits per heavy atom. The Labute approximate surface area is 142 Å². The van der Waals surface area contributed by atoms with E-state index in [4.69, 9.17) is 32.2 Å². The molecule has 0 saturated heterocycles. The summed E-state index contributed by atoms with van der Waals surface area (Å²) in [5.74, 6) is -0.172. The smallest absolute Gasteiger partial charge is 0.352 e. The van der Waals surface area contributed by atoms with Crippen LogP contribution in [0.2, 0.25) is 10.0 Å². The van der Waals surface area contributed by atoms with Crippen molar-refractivity contribution >= 4 is 36.5 Å². The second kappa shape index (κ2) is 8.03. The van der Waals surface area contributed by atoms with Crippen molar-refractivity contribution in [1.29, 1.82) is 0 Å². The second-order valence-electron chi connectivity index (χ2n) is 5.55. The molecule has 0 amide bonds. The lowest BCUT2D eigenvalue weighted by Gasteiger charge is -2.34. The van der Waals surface area contributed by atoms with Crippen LogP contribution < -0.4 is 5.32 Å². The van der Waals surface area contributed by atoms with Crippen molar-refractivity contribution < 1.29 is 13.6 Å². The minimum Gasteiger partial charge on any atom is -0.371 e. The molecule has 0 heterocycles. The van der Waals surface area contributed by atoms with E-state index in [0.717, 1.165) is 31.4 Å². The Kier molecular flexibility index (Phi) is 6.60. The summed E-state index contributed by atoms with van der Waals surface area (Å²) in [6.07, 6.45) is 5.49. The van der Waals surface area contributed by atoms with E-state index >= 15 is 0 Å². The van der Waals surface area contributed by atoms with Gasteiger partial charge in [-0.25, -0.2) is 0 Å². The molecule has 4 nitrogen and oxygen atoms in total. The lowest BCUT2D eigenvalue weighted by molar-refractivity contribution is 0.244. The Morgan fingerprint density at radius 1 is 1.09 bits per heavy atom. The third kappa shape index (κ3) is 4.39. The molecule has 1 saturated carbocycles. The van der Waals surface area contributed by atoms with Crippen molar-refractivity contribution in [1.82, 2.24) is 0 Å². The monoisotopic (exact) mass is 365 g/mol. The first kappa shape index (κ1) is 18.1. The first-order valence-corrected chi connectivity index (χ1v) is 9.79. The summed E-state index contributed by atoms with van der Waals surface area (Å²) in [5.41, 5.74) is 0.724. The lowest BCUT2D eigenvalue weighted by Crippen LogP contribution is -2.31. The first-order valence-electron chi connectivity index (χ1n) is 7.42. The topological polar surface area (TPSA) is 47.6 Å². The molecule has 2 rings (SSSR count). The van der Waals surface area contributed by atoms with E-state index < -0.39 is 13.4 Å². The van der Waals surface area contributed by atoms with Crippen LogP contribution in [0.25, 0.3) is 0 Å². The molecular weight excluding hydrogens is 344 g/mol. The molecule has 0 bridgehead atoms. The Morgan fingerprint density at radius 3 is 2.14 bits per heavy atom. The predicted molar refractivity (Wildman–Crippen MR) is 92.1 cm³/mol. The van der Waals surface area contributed by atoms with Crippen LogP contribution in [0.15, 0.2) is 18.2 Å². The van der Waals surface area contributed by atoms with Crippen molar-refractivity contribution in [2.24, 2.45) is 5.92 Å². The molecule has 1 unspecified atom stereocenters. The van der Waals surface area contributed by atoms with Gasteiger partial charge in [0.25, 0.3) is 0 Å². The van der Waals surface area contributed by atoms with E-state index in [2.05, 4.69) is 5.32 Å². The fourth-order valence-corrected chi connectivity index (χ4v) is 5.27. The molecule has 1 N–H and O–H groups in total. The molecular formula is C15H22Cl2NO3P. The number of rotatable bonds is 6.